The highest BCUT2D eigenvalue weighted by atomic mass is 35.5. The normalized spacial score (nSPS) is 18.5. The molecule has 6 heteroatoms. The van der Waals surface area contributed by atoms with Crippen LogP contribution in [-0.2, 0) is 4.79 Å². The van der Waals surface area contributed by atoms with Crippen molar-refractivity contribution in [3.63, 3.8) is 0 Å². The summed E-state index contributed by atoms with van der Waals surface area (Å²) in [5.41, 5.74) is 1.02. The van der Waals surface area contributed by atoms with E-state index >= 15 is 0 Å². The van der Waals surface area contributed by atoms with Crippen LogP contribution in [0.3, 0.4) is 0 Å². The first-order valence-electron chi connectivity index (χ1n) is 6.87. The van der Waals surface area contributed by atoms with Crippen LogP contribution in [0.5, 0.6) is 5.75 Å². The number of benzene rings is 1. The molecule has 2 unspecified atom stereocenters. The van der Waals surface area contributed by atoms with Gasteiger partial charge in [-0.3, -0.25) is 9.48 Å². The SMILES string of the molecule is CC(C(=O)NC1CCOc2ccccc21)n1cc(Cl)cn1. The number of amides is 1. The second kappa shape index (κ2) is 5.77. The quantitative estimate of drug-likeness (QED) is 0.948. The van der Waals surface area contributed by atoms with Crippen LogP contribution in [0.1, 0.15) is 31.0 Å². The van der Waals surface area contributed by atoms with Crippen molar-refractivity contribution in [3.05, 3.63) is 47.2 Å². The van der Waals surface area contributed by atoms with Gasteiger partial charge in [0.1, 0.15) is 11.8 Å². The van der Waals surface area contributed by atoms with Crippen molar-refractivity contribution >= 4 is 17.5 Å². The topological polar surface area (TPSA) is 56.1 Å². The first-order valence-corrected chi connectivity index (χ1v) is 7.24. The standard InChI is InChI=1S/C15H16ClN3O2/c1-10(19-9-11(16)8-17-19)15(20)18-13-6-7-21-14-5-3-2-4-12(13)14/h2-5,8-10,13H,6-7H2,1H3,(H,18,20). The Labute approximate surface area is 127 Å². The van der Waals surface area contributed by atoms with Gasteiger partial charge in [0.15, 0.2) is 0 Å². The largest absolute Gasteiger partial charge is 0.493 e. The molecule has 0 radical (unpaired) electrons. The average molecular weight is 306 g/mol. The predicted octanol–water partition coefficient (Wildman–Crippen LogP) is 2.74. The molecule has 0 saturated carbocycles. The minimum absolute atomic E-state index is 0.0315. The molecule has 1 amide bonds. The van der Waals surface area contributed by atoms with Gasteiger partial charge in [0.2, 0.25) is 5.91 Å². The first kappa shape index (κ1) is 13.9. The fraction of sp³-hybridized carbons (Fsp3) is 0.333. The number of ether oxygens (including phenoxy) is 1. The molecular weight excluding hydrogens is 290 g/mol. The minimum atomic E-state index is -0.410. The summed E-state index contributed by atoms with van der Waals surface area (Å²) >= 11 is 5.84. The Balaban J connectivity index is 1.74. The molecule has 2 atom stereocenters. The number of rotatable bonds is 3. The molecule has 0 fully saturated rings. The van der Waals surface area contributed by atoms with Crippen LogP contribution in [0.15, 0.2) is 36.7 Å². The molecule has 1 aliphatic heterocycles. The molecule has 2 heterocycles. The van der Waals surface area contributed by atoms with Gasteiger partial charge in [-0.15, -0.1) is 0 Å². The molecule has 1 aromatic heterocycles. The zero-order chi connectivity index (χ0) is 14.8. The van der Waals surface area contributed by atoms with Crippen LogP contribution in [-0.4, -0.2) is 22.3 Å². The Hall–Kier alpha value is -2.01. The fourth-order valence-corrected chi connectivity index (χ4v) is 2.57. The Bertz CT molecular complexity index is 656. The molecule has 2 aromatic rings. The lowest BCUT2D eigenvalue weighted by Gasteiger charge is -2.27. The van der Waals surface area contributed by atoms with E-state index in [9.17, 15) is 4.79 Å². The Kier molecular flexibility index (Phi) is 3.84. The van der Waals surface area contributed by atoms with Gasteiger partial charge < -0.3 is 10.1 Å². The molecule has 21 heavy (non-hydrogen) atoms. The van der Waals surface area contributed by atoms with Crippen LogP contribution < -0.4 is 10.1 Å². The van der Waals surface area contributed by atoms with Gasteiger partial charge in [0.25, 0.3) is 0 Å². The van der Waals surface area contributed by atoms with E-state index in [2.05, 4.69) is 10.4 Å². The van der Waals surface area contributed by atoms with Gasteiger partial charge in [0, 0.05) is 18.2 Å². The monoisotopic (exact) mass is 305 g/mol. The van der Waals surface area contributed by atoms with E-state index in [-0.39, 0.29) is 11.9 Å². The van der Waals surface area contributed by atoms with Gasteiger partial charge in [-0.25, -0.2) is 0 Å². The number of nitrogens with zero attached hydrogens (tertiary/aromatic N) is 2. The van der Waals surface area contributed by atoms with Crippen molar-refractivity contribution in [1.82, 2.24) is 15.1 Å². The van der Waals surface area contributed by atoms with Gasteiger partial charge >= 0.3 is 0 Å². The molecule has 1 aromatic carbocycles. The maximum Gasteiger partial charge on any atom is 0.245 e. The Morgan fingerprint density at radius 3 is 3.10 bits per heavy atom. The number of aromatic nitrogens is 2. The van der Waals surface area contributed by atoms with Crippen LogP contribution >= 0.6 is 11.6 Å². The van der Waals surface area contributed by atoms with Crippen LogP contribution in [0.4, 0.5) is 0 Å². The summed E-state index contributed by atoms with van der Waals surface area (Å²) in [6, 6.07) is 7.34. The lowest BCUT2D eigenvalue weighted by Crippen LogP contribution is -2.36. The Morgan fingerprint density at radius 1 is 1.52 bits per heavy atom. The summed E-state index contributed by atoms with van der Waals surface area (Å²) < 4.78 is 7.16. The molecule has 0 spiro atoms. The molecule has 3 rings (SSSR count). The number of nitrogens with one attached hydrogen (secondary N) is 1. The van der Waals surface area contributed by atoms with Gasteiger partial charge in [-0.1, -0.05) is 29.8 Å². The van der Waals surface area contributed by atoms with Crippen molar-refractivity contribution in [2.75, 3.05) is 6.61 Å². The number of hydrogen-bond acceptors (Lipinski definition) is 3. The highest BCUT2D eigenvalue weighted by molar-refractivity contribution is 6.30. The van der Waals surface area contributed by atoms with E-state index in [1.165, 1.54) is 6.20 Å². The Morgan fingerprint density at radius 2 is 2.33 bits per heavy atom. The number of hydrogen-bond donors (Lipinski definition) is 1. The molecule has 0 bridgehead atoms. The molecule has 110 valence electrons. The number of carbonyl (C=O) groups is 1. The molecule has 5 nitrogen and oxygen atoms in total. The van der Waals surface area contributed by atoms with E-state index in [1.54, 1.807) is 17.8 Å². The third kappa shape index (κ3) is 2.88. The summed E-state index contributed by atoms with van der Waals surface area (Å²) in [4.78, 5) is 12.4. The molecule has 1 N–H and O–H groups in total. The van der Waals surface area contributed by atoms with Gasteiger partial charge in [-0.2, -0.15) is 5.10 Å². The number of fused-ring (bicyclic) bond motifs is 1. The second-order valence-corrected chi connectivity index (χ2v) is 5.49. The van der Waals surface area contributed by atoms with E-state index in [4.69, 9.17) is 16.3 Å². The molecular formula is C15H16ClN3O2. The van der Waals surface area contributed by atoms with Crippen molar-refractivity contribution < 1.29 is 9.53 Å². The van der Waals surface area contributed by atoms with E-state index in [1.807, 2.05) is 24.3 Å². The minimum Gasteiger partial charge on any atom is -0.493 e. The first-order chi connectivity index (χ1) is 10.1. The second-order valence-electron chi connectivity index (χ2n) is 5.05. The number of para-hydroxylation sites is 1. The fourth-order valence-electron chi connectivity index (χ4n) is 2.43. The van der Waals surface area contributed by atoms with Crippen LogP contribution in [0.2, 0.25) is 5.02 Å². The van der Waals surface area contributed by atoms with Crippen molar-refractivity contribution in [2.24, 2.45) is 0 Å². The summed E-state index contributed by atoms with van der Waals surface area (Å²) in [6.45, 7) is 2.40. The van der Waals surface area contributed by atoms with Crippen molar-refractivity contribution in [2.45, 2.75) is 25.4 Å². The summed E-state index contributed by atoms with van der Waals surface area (Å²) in [6.07, 6.45) is 3.92. The highest BCUT2D eigenvalue weighted by Crippen LogP contribution is 2.31. The van der Waals surface area contributed by atoms with Gasteiger partial charge in [-0.05, 0) is 13.0 Å². The maximum atomic E-state index is 12.4. The lowest BCUT2D eigenvalue weighted by molar-refractivity contribution is -0.125. The summed E-state index contributed by atoms with van der Waals surface area (Å²) in [5, 5.41) is 7.65. The van der Waals surface area contributed by atoms with Crippen LogP contribution in [0.25, 0.3) is 0 Å². The highest BCUT2D eigenvalue weighted by Gasteiger charge is 2.25. The zero-order valence-electron chi connectivity index (χ0n) is 11.6. The van der Waals surface area contributed by atoms with E-state index < -0.39 is 6.04 Å². The average Bonchev–Trinajstić information content (AvgIpc) is 2.93. The third-order valence-corrected chi connectivity index (χ3v) is 3.82. The van der Waals surface area contributed by atoms with Gasteiger partial charge in [0.05, 0.1) is 23.9 Å². The lowest BCUT2D eigenvalue weighted by atomic mass is 10.0. The van der Waals surface area contributed by atoms with Crippen molar-refractivity contribution in [1.29, 1.82) is 0 Å². The summed E-state index contributed by atoms with van der Waals surface area (Å²) in [7, 11) is 0. The van der Waals surface area contributed by atoms with Crippen molar-refractivity contribution in [3.8, 4) is 5.75 Å². The number of carbonyl (C=O) groups excluding carboxylic acids is 1. The molecule has 0 aliphatic carbocycles. The molecule has 1 aliphatic rings. The zero-order valence-corrected chi connectivity index (χ0v) is 12.4. The third-order valence-electron chi connectivity index (χ3n) is 3.62. The predicted molar refractivity (Wildman–Crippen MR) is 79.4 cm³/mol. The number of halogens is 1. The summed E-state index contributed by atoms with van der Waals surface area (Å²) in [5.74, 6) is 0.750. The maximum absolute atomic E-state index is 12.4. The smallest absolute Gasteiger partial charge is 0.245 e. The van der Waals surface area contributed by atoms with E-state index in [0.29, 0.717) is 11.6 Å². The van der Waals surface area contributed by atoms with E-state index in [0.717, 1.165) is 17.7 Å². The van der Waals surface area contributed by atoms with Crippen LogP contribution in [0, 0.1) is 0 Å². The molecule has 0 saturated heterocycles.